The molecular formula is C11H16N4O2. The second kappa shape index (κ2) is 5.09. The summed E-state index contributed by atoms with van der Waals surface area (Å²) < 4.78 is 5.42. The van der Waals surface area contributed by atoms with Crippen LogP contribution in [0.25, 0.3) is 0 Å². The summed E-state index contributed by atoms with van der Waals surface area (Å²) in [6.45, 7) is 3.64. The zero-order valence-corrected chi connectivity index (χ0v) is 10.0. The van der Waals surface area contributed by atoms with E-state index in [0.29, 0.717) is 13.2 Å². The Balaban J connectivity index is 2.09. The van der Waals surface area contributed by atoms with Crippen LogP contribution in [-0.4, -0.2) is 48.7 Å². The molecule has 1 N–H and O–H groups in total. The quantitative estimate of drug-likeness (QED) is 0.766. The third-order valence-corrected chi connectivity index (χ3v) is 2.69. The van der Waals surface area contributed by atoms with Gasteiger partial charge in [-0.2, -0.15) is 0 Å². The first kappa shape index (κ1) is 11.8. The lowest BCUT2D eigenvalue weighted by Gasteiger charge is -2.32. The summed E-state index contributed by atoms with van der Waals surface area (Å²) in [6.07, 6.45) is 1.30. The lowest BCUT2D eigenvalue weighted by atomic mass is 10.2. The summed E-state index contributed by atoms with van der Waals surface area (Å²) in [5.74, 6) is 1.47. The van der Waals surface area contributed by atoms with E-state index in [1.165, 1.54) is 0 Å². The molecule has 1 aromatic rings. The number of amides is 1. The molecule has 1 aliphatic heterocycles. The molecule has 0 aromatic carbocycles. The van der Waals surface area contributed by atoms with Gasteiger partial charge in [0.05, 0.1) is 13.2 Å². The minimum Gasteiger partial charge on any atom is -0.365 e. The van der Waals surface area contributed by atoms with Crippen LogP contribution < -0.4 is 10.2 Å². The molecule has 1 fully saturated rings. The zero-order chi connectivity index (χ0) is 12.3. The van der Waals surface area contributed by atoms with Gasteiger partial charge in [0.25, 0.3) is 5.91 Å². The standard InChI is InChI=1S/C11H16N4O2/c1-8-13-4-3-10(14-8)15-5-6-17-9(7-15)11(16)12-2/h3-4,9H,5-7H2,1-2H3,(H,12,16)/t9-/m0/s1. The van der Waals surface area contributed by atoms with Gasteiger partial charge in [0, 0.05) is 19.8 Å². The molecule has 1 atom stereocenters. The monoisotopic (exact) mass is 236 g/mol. The Morgan fingerprint density at radius 1 is 1.65 bits per heavy atom. The molecule has 6 nitrogen and oxygen atoms in total. The van der Waals surface area contributed by atoms with Gasteiger partial charge in [-0.15, -0.1) is 0 Å². The number of hydrogen-bond donors (Lipinski definition) is 1. The number of hydrogen-bond acceptors (Lipinski definition) is 5. The van der Waals surface area contributed by atoms with E-state index in [1.807, 2.05) is 17.9 Å². The van der Waals surface area contributed by atoms with Gasteiger partial charge in [0.15, 0.2) is 6.10 Å². The molecule has 2 heterocycles. The van der Waals surface area contributed by atoms with E-state index in [1.54, 1.807) is 13.2 Å². The third kappa shape index (κ3) is 2.71. The predicted molar refractivity (Wildman–Crippen MR) is 62.8 cm³/mol. The highest BCUT2D eigenvalue weighted by Crippen LogP contribution is 2.14. The van der Waals surface area contributed by atoms with Crippen LogP contribution in [-0.2, 0) is 9.53 Å². The minimum absolute atomic E-state index is 0.0968. The molecule has 1 saturated heterocycles. The number of ether oxygens (including phenoxy) is 1. The van der Waals surface area contributed by atoms with Crippen LogP contribution in [0.4, 0.5) is 5.82 Å². The van der Waals surface area contributed by atoms with E-state index >= 15 is 0 Å². The first-order valence-electron chi connectivity index (χ1n) is 5.58. The highest BCUT2D eigenvalue weighted by Gasteiger charge is 2.26. The van der Waals surface area contributed by atoms with E-state index in [-0.39, 0.29) is 5.91 Å². The zero-order valence-electron chi connectivity index (χ0n) is 10.0. The highest BCUT2D eigenvalue weighted by atomic mass is 16.5. The molecule has 0 spiro atoms. The average molecular weight is 236 g/mol. The summed E-state index contributed by atoms with van der Waals surface area (Å²) in [6, 6.07) is 1.85. The van der Waals surface area contributed by atoms with Crippen molar-refractivity contribution in [2.24, 2.45) is 0 Å². The van der Waals surface area contributed by atoms with Crippen LogP contribution in [0.2, 0.25) is 0 Å². The van der Waals surface area contributed by atoms with Gasteiger partial charge >= 0.3 is 0 Å². The first-order valence-corrected chi connectivity index (χ1v) is 5.58. The molecule has 0 bridgehead atoms. The molecule has 1 aliphatic rings. The van der Waals surface area contributed by atoms with Gasteiger partial charge in [-0.3, -0.25) is 4.79 Å². The number of aromatic nitrogens is 2. The Morgan fingerprint density at radius 2 is 2.47 bits per heavy atom. The Hall–Kier alpha value is -1.69. The average Bonchev–Trinajstić information content (AvgIpc) is 2.38. The number of rotatable bonds is 2. The number of anilines is 1. The normalized spacial score (nSPS) is 20.1. The van der Waals surface area contributed by atoms with Crippen LogP contribution in [0.3, 0.4) is 0 Å². The Labute approximate surface area is 100 Å². The van der Waals surface area contributed by atoms with Gasteiger partial charge in [0.1, 0.15) is 11.6 Å². The molecule has 1 aromatic heterocycles. The lowest BCUT2D eigenvalue weighted by Crippen LogP contribution is -2.49. The maximum absolute atomic E-state index is 11.5. The molecule has 17 heavy (non-hydrogen) atoms. The van der Waals surface area contributed by atoms with Crippen molar-refractivity contribution in [3.63, 3.8) is 0 Å². The Bertz CT molecular complexity index is 410. The number of nitrogens with zero attached hydrogens (tertiary/aromatic N) is 3. The molecule has 0 saturated carbocycles. The summed E-state index contributed by atoms with van der Waals surface area (Å²) in [4.78, 5) is 22.0. The number of likely N-dealkylation sites (N-methyl/N-ethyl adjacent to an activating group) is 1. The lowest BCUT2D eigenvalue weighted by molar-refractivity contribution is -0.132. The number of nitrogens with one attached hydrogen (secondary N) is 1. The van der Waals surface area contributed by atoms with Gasteiger partial charge in [0.2, 0.25) is 0 Å². The summed E-state index contributed by atoms with van der Waals surface area (Å²) in [5, 5.41) is 2.59. The van der Waals surface area contributed by atoms with Gasteiger partial charge in [-0.25, -0.2) is 9.97 Å². The van der Waals surface area contributed by atoms with Crippen molar-refractivity contribution in [2.75, 3.05) is 31.6 Å². The highest BCUT2D eigenvalue weighted by molar-refractivity contribution is 5.81. The Kier molecular flexibility index (Phi) is 3.53. The van der Waals surface area contributed by atoms with Gasteiger partial charge in [-0.05, 0) is 13.0 Å². The second-order valence-corrected chi connectivity index (χ2v) is 3.88. The van der Waals surface area contributed by atoms with Crippen molar-refractivity contribution in [3.05, 3.63) is 18.1 Å². The van der Waals surface area contributed by atoms with Gasteiger partial charge in [-0.1, -0.05) is 0 Å². The molecule has 6 heteroatoms. The minimum atomic E-state index is -0.427. The van der Waals surface area contributed by atoms with E-state index in [4.69, 9.17) is 4.74 Å². The third-order valence-electron chi connectivity index (χ3n) is 2.69. The maximum atomic E-state index is 11.5. The SMILES string of the molecule is CNC(=O)[C@@H]1CN(c2ccnc(C)n2)CCO1. The summed E-state index contributed by atoms with van der Waals surface area (Å²) in [7, 11) is 1.61. The van der Waals surface area contributed by atoms with E-state index in [2.05, 4.69) is 15.3 Å². The molecule has 0 aliphatic carbocycles. The number of morpholine rings is 1. The van der Waals surface area contributed by atoms with E-state index < -0.39 is 6.10 Å². The fourth-order valence-corrected chi connectivity index (χ4v) is 1.80. The summed E-state index contributed by atoms with van der Waals surface area (Å²) >= 11 is 0. The van der Waals surface area contributed by atoms with Crippen molar-refractivity contribution in [1.29, 1.82) is 0 Å². The van der Waals surface area contributed by atoms with Crippen LogP contribution in [0.5, 0.6) is 0 Å². The fraction of sp³-hybridized carbons (Fsp3) is 0.545. The van der Waals surface area contributed by atoms with E-state index in [9.17, 15) is 4.79 Å². The van der Waals surface area contributed by atoms with Crippen LogP contribution >= 0.6 is 0 Å². The number of carbonyl (C=O) groups excluding carboxylic acids is 1. The molecule has 0 radical (unpaired) electrons. The molecule has 2 rings (SSSR count). The van der Waals surface area contributed by atoms with Crippen molar-refractivity contribution >= 4 is 11.7 Å². The second-order valence-electron chi connectivity index (χ2n) is 3.88. The van der Waals surface area contributed by atoms with Crippen molar-refractivity contribution < 1.29 is 9.53 Å². The van der Waals surface area contributed by atoms with Crippen LogP contribution in [0, 0.1) is 6.92 Å². The molecule has 0 unspecified atom stereocenters. The maximum Gasteiger partial charge on any atom is 0.250 e. The largest absolute Gasteiger partial charge is 0.365 e. The topological polar surface area (TPSA) is 67.4 Å². The fourth-order valence-electron chi connectivity index (χ4n) is 1.80. The van der Waals surface area contributed by atoms with E-state index in [0.717, 1.165) is 18.2 Å². The van der Waals surface area contributed by atoms with Crippen molar-refractivity contribution in [1.82, 2.24) is 15.3 Å². The van der Waals surface area contributed by atoms with Crippen molar-refractivity contribution in [2.45, 2.75) is 13.0 Å². The smallest absolute Gasteiger partial charge is 0.250 e. The predicted octanol–water partition coefficient (Wildman–Crippen LogP) is -0.264. The van der Waals surface area contributed by atoms with Crippen LogP contribution in [0.1, 0.15) is 5.82 Å². The first-order chi connectivity index (χ1) is 8.20. The molecule has 1 amide bonds. The number of carbonyl (C=O) groups is 1. The molecule has 92 valence electrons. The van der Waals surface area contributed by atoms with Crippen LogP contribution in [0.15, 0.2) is 12.3 Å². The summed E-state index contributed by atoms with van der Waals surface area (Å²) in [5.41, 5.74) is 0. The van der Waals surface area contributed by atoms with Crippen molar-refractivity contribution in [3.8, 4) is 0 Å². The molecular weight excluding hydrogens is 220 g/mol. The Morgan fingerprint density at radius 3 is 3.18 bits per heavy atom. The van der Waals surface area contributed by atoms with Gasteiger partial charge < -0.3 is 15.0 Å². The number of aryl methyl sites for hydroxylation is 1.